The summed E-state index contributed by atoms with van der Waals surface area (Å²) in [5.41, 5.74) is 2.15. The summed E-state index contributed by atoms with van der Waals surface area (Å²) >= 11 is 2.12. The van der Waals surface area contributed by atoms with Gasteiger partial charge in [-0.3, -0.25) is 18.9 Å². The lowest BCUT2D eigenvalue weighted by molar-refractivity contribution is -0.164. The van der Waals surface area contributed by atoms with Gasteiger partial charge in [-0.25, -0.2) is 9.36 Å². The van der Waals surface area contributed by atoms with Gasteiger partial charge in [0, 0.05) is 32.0 Å². The van der Waals surface area contributed by atoms with E-state index in [-0.39, 0.29) is 43.7 Å². The molecule has 5 N–H and O–H groups in total. The van der Waals surface area contributed by atoms with Crippen molar-refractivity contribution in [2.45, 2.75) is 95.4 Å². The summed E-state index contributed by atoms with van der Waals surface area (Å²) in [5.74, 6) is -1.21. The fourth-order valence-electron chi connectivity index (χ4n) is 7.06. The molecule has 4 amide bonds. The van der Waals surface area contributed by atoms with Gasteiger partial charge in [0.2, 0.25) is 5.91 Å². The number of hydrogen-bond acceptors (Lipinski definition) is 8. The summed E-state index contributed by atoms with van der Waals surface area (Å²) in [5, 5.41) is 9.18. The number of rotatable bonds is 21. The van der Waals surface area contributed by atoms with Crippen molar-refractivity contribution in [2.24, 2.45) is 11.3 Å². The van der Waals surface area contributed by atoms with Crippen LogP contribution in [0.3, 0.4) is 0 Å². The molecule has 3 aromatic carbocycles. The molecule has 59 heavy (non-hydrogen) atoms. The topological polar surface area (TPSA) is 193 Å². The van der Waals surface area contributed by atoms with Gasteiger partial charge < -0.3 is 40.1 Å². The third kappa shape index (κ3) is 14.6. The highest BCUT2D eigenvalue weighted by Gasteiger charge is 2.45. The zero-order chi connectivity index (χ0) is 43.4. The van der Waals surface area contributed by atoms with Gasteiger partial charge >= 0.3 is 19.8 Å². The average molecular weight is 949 g/mol. The summed E-state index contributed by atoms with van der Waals surface area (Å²) in [6.07, 6.45) is 0.0201. The minimum absolute atomic E-state index is 0.0201. The molecule has 0 aliphatic carbocycles. The quantitative estimate of drug-likeness (QED) is 0.0272. The van der Waals surface area contributed by atoms with Crippen LogP contribution in [0, 0.1) is 25.2 Å². The number of nitrogens with zero attached hydrogens (tertiary/aromatic N) is 1. The van der Waals surface area contributed by atoms with Crippen molar-refractivity contribution in [3.8, 4) is 5.75 Å². The summed E-state index contributed by atoms with van der Waals surface area (Å²) in [7, 11) is -4.80. The standard InChI is InChI=1S/C43H58IN4O10P/c1-29(2)37(48-23-14-22-45-41(48)52)39(50)46-34(25-32-17-9-7-10-18-32)26-35(58-40(51)42(5,6)21-24-57-59(53,54)55)43(44,27-33-19-11-8-12-20-33)47-36(49)28-56-38-30(3)15-13-16-31(38)4/h7-13,15-20,29,34-35,37H,14,21-28H2,1-6H3,(H,45,52)(H,46,50)(H,47,49)(H2,53,54,55)/t34-,35-,37-,43+/m0/s1. The number of esters is 1. The second-order valence-electron chi connectivity index (χ2n) is 16.0. The summed E-state index contributed by atoms with van der Waals surface area (Å²) < 4.78 is 27.3. The van der Waals surface area contributed by atoms with E-state index in [1.54, 1.807) is 18.7 Å². The molecule has 0 aromatic heterocycles. The highest BCUT2D eigenvalue weighted by atomic mass is 127. The number of phosphoric acid groups is 1. The highest BCUT2D eigenvalue weighted by molar-refractivity contribution is 14.1. The zero-order valence-electron chi connectivity index (χ0n) is 34.6. The van der Waals surface area contributed by atoms with E-state index in [2.05, 4.69) is 43.1 Å². The first-order chi connectivity index (χ1) is 27.8. The first kappa shape index (κ1) is 47.7. The van der Waals surface area contributed by atoms with Crippen LogP contribution in [-0.2, 0) is 41.1 Å². The van der Waals surface area contributed by atoms with Crippen LogP contribution in [0.25, 0.3) is 0 Å². The van der Waals surface area contributed by atoms with Crippen LogP contribution < -0.4 is 20.7 Å². The Morgan fingerprint density at radius 3 is 2.14 bits per heavy atom. The van der Waals surface area contributed by atoms with E-state index < -0.39 is 53.5 Å². The van der Waals surface area contributed by atoms with Crippen LogP contribution in [-0.4, -0.2) is 86.5 Å². The number of aryl methyl sites for hydroxylation is 2. The molecule has 1 fully saturated rings. The number of para-hydroxylation sites is 1. The molecule has 0 saturated carbocycles. The molecular formula is C43H58IN4O10P. The number of halogens is 1. The molecule has 1 saturated heterocycles. The number of carbonyl (C=O) groups is 4. The predicted molar refractivity (Wildman–Crippen MR) is 233 cm³/mol. The van der Waals surface area contributed by atoms with Crippen LogP contribution in [0.5, 0.6) is 5.75 Å². The van der Waals surface area contributed by atoms with Crippen LogP contribution in [0.15, 0.2) is 78.9 Å². The van der Waals surface area contributed by atoms with Crippen molar-refractivity contribution in [1.82, 2.24) is 20.9 Å². The van der Waals surface area contributed by atoms with Gasteiger partial charge in [0.15, 0.2) is 6.61 Å². The van der Waals surface area contributed by atoms with Crippen molar-refractivity contribution in [2.75, 3.05) is 26.3 Å². The van der Waals surface area contributed by atoms with Gasteiger partial charge in [0.1, 0.15) is 21.4 Å². The van der Waals surface area contributed by atoms with Crippen molar-refractivity contribution >= 4 is 54.2 Å². The number of ether oxygens (including phenoxy) is 2. The van der Waals surface area contributed by atoms with E-state index in [0.29, 0.717) is 31.7 Å². The molecule has 1 aliphatic heterocycles. The van der Waals surface area contributed by atoms with Gasteiger partial charge in [0.25, 0.3) is 5.91 Å². The molecule has 322 valence electrons. The van der Waals surface area contributed by atoms with Gasteiger partial charge in [-0.2, -0.15) is 0 Å². The van der Waals surface area contributed by atoms with Crippen molar-refractivity contribution in [1.29, 1.82) is 0 Å². The predicted octanol–water partition coefficient (Wildman–Crippen LogP) is 6.17. The smallest absolute Gasteiger partial charge is 0.469 e. The number of alkyl halides is 1. The molecule has 16 heteroatoms. The maximum atomic E-state index is 14.4. The Morgan fingerprint density at radius 1 is 0.949 bits per heavy atom. The van der Waals surface area contributed by atoms with E-state index >= 15 is 0 Å². The monoisotopic (exact) mass is 948 g/mol. The Labute approximate surface area is 360 Å². The zero-order valence-corrected chi connectivity index (χ0v) is 37.7. The molecule has 0 radical (unpaired) electrons. The third-order valence-corrected chi connectivity index (χ3v) is 12.1. The highest BCUT2D eigenvalue weighted by Crippen LogP contribution is 2.38. The number of amides is 4. The van der Waals surface area contributed by atoms with Crippen LogP contribution in [0.1, 0.15) is 69.2 Å². The molecule has 1 aliphatic rings. The lowest BCUT2D eigenvalue weighted by Gasteiger charge is -2.40. The van der Waals surface area contributed by atoms with Crippen molar-refractivity contribution in [3.05, 3.63) is 101 Å². The summed E-state index contributed by atoms with van der Waals surface area (Å²) in [6, 6.07) is 22.8. The minimum Gasteiger partial charge on any atom is -0.483 e. The number of hydrogen-bond donors (Lipinski definition) is 5. The van der Waals surface area contributed by atoms with Gasteiger partial charge in [-0.1, -0.05) is 115 Å². The normalized spacial score (nSPS) is 16.0. The molecular weight excluding hydrogens is 890 g/mol. The van der Waals surface area contributed by atoms with E-state index in [0.717, 1.165) is 22.3 Å². The number of phosphoric ester groups is 1. The Hall–Kier alpha value is -4.02. The van der Waals surface area contributed by atoms with E-state index in [1.807, 2.05) is 107 Å². The Kier molecular flexibility index (Phi) is 17.4. The molecule has 0 spiro atoms. The molecule has 3 aromatic rings. The van der Waals surface area contributed by atoms with Crippen molar-refractivity contribution < 1.29 is 47.5 Å². The first-order valence-electron chi connectivity index (χ1n) is 19.8. The third-order valence-electron chi connectivity index (χ3n) is 10.2. The first-order valence-corrected chi connectivity index (χ1v) is 22.4. The van der Waals surface area contributed by atoms with E-state index in [1.165, 1.54) is 0 Å². The molecule has 0 bridgehead atoms. The number of nitrogens with one attached hydrogen (secondary N) is 3. The fourth-order valence-corrected chi connectivity index (χ4v) is 8.51. The van der Waals surface area contributed by atoms with Crippen LogP contribution >= 0.6 is 30.4 Å². The second-order valence-corrected chi connectivity index (χ2v) is 19.2. The second kappa shape index (κ2) is 21.5. The fraction of sp³-hybridized carbons (Fsp3) is 0.488. The Balaban J connectivity index is 1.76. The lowest BCUT2D eigenvalue weighted by atomic mass is 9.89. The molecule has 14 nitrogen and oxygen atoms in total. The van der Waals surface area contributed by atoms with E-state index in [9.17, 15) is 33.5 Å². The Morgan fingerprint density at radius 2 is 1.56 bits per heavy atom. The molecule has 4 rings (SSSR count). The van der Waals surface area contributed by atoms with Gasteiger partial charge in [-0.05, 0) is 75.1 Å². The van der Waals surface area contributed by atoms with Crippen LogP contribution in [0.2, 0.25) is 0 Å². The maximum absolute atomic E-state index is 14.4. The number of benzene rings is 3. The number of carbonyl (C=O) groups excluding carboxylic acids is 4. The average Bonchev–Trinajstić information content (AvgIpc) is 3.15. The summed E-state index contributed by atoms with van der Waals surface area (Å²) in [4.78, 5) is 75.8. The van der Waals surface area contributed by atoms with Gasteiger partial charge in [0.05, 0.1) is 12.0 Å². The van der Waals surface area contributed by atoms with Gasteiger partial charge in [-0.15, -0.1) is 0 Å². The molecule has 1 heterocycles. The largest absolute Gasteiger partial charge is 0.483 e. The number of urea groups is 1. The van der Waals surface area contributed by atoms with Crippen LogP contribution in [0.4, 0.5) is 4.79 Å². The van der Waals surface area contributed by atoms with Crippen molar-refractivity contribution in [3.63, 3.8) is 0 Å². The maximum Gasteiger partial charge on any atom is 0.469 e. The SMILES string of the molecule is Cc1cccc(C)c1OCC(=O)N[C@](I)(Cc1ccccc1)[C@H](C[C@H](Cc1ccccc1)NC(=O)[C@H](C(C)C)N1CCCNC1=O)OC(=O)C(C)(C)CCOP(=O)(O)O. The van der Waals surface area contributed by atoms with E-state index in [4.69, 9.17) is 9.47 Å². The lowest BCUT2D eigenvalue weighted by Crippen LogP contribution is -2.61. The minimum atomic E-state index is -4.80. The molecule has 4 atom stereocenters. The molecule has 0 unspecified atom stereocenters. The summed E-state index contributed by atoms with van der Waals surface area (Å²) in [6.45, 7) is 10.9. The Bertz CT molecular complexity index is 1910.